The molecule has 2 rings (SSSR count). The van der Waals surface area contributed by atoms with Gasteiger partial charge < -0.3 is 14.8 Å². The summed E-state index contributed by atoms with van der Waals surface area (Å²) in [5, 5.41) is 13.0. The van der Waals surface area contributed by atoms with Gasteiger partial charge in [-0.1, -0.05) is 6.07 Å². The van der Waals surface area contributed by atoms with E-state index in [1.807, 2.05) is 25.1 Å². The van der Waals surface area contributed by atoms with Crippen molar-refractivity contribution in [3.8, 4) is 0 Å². The molecular weight excluding hydrogens is 244 g/mol. The fourth-order valence-corrected chi connectivity index (χ4v) is 1.81. The number of hydrogen-bond acceptors (Lipinski definition) is 4. The predicted molar refractivity (Wildman–Crippen MR) is 73.4 cm³/mol. The van der Waals surface area contributed by atoms with Crippen LogP contribution in [0.15, 0.2) is 33.6 Å². The highest BCUT2D eigenvalue weighted by Crippen LogP contribution is 2.14. The first-order chi connectivity index (χ1) is 9.04. The largest absolute Gasteiger partial charge is 0.416 e. The van der Waals surface area contributed by atoms with Crippen molar-refractivity contribution in [3.63, 3.8) is 0 Å². The molecule has 1 aromatic carbocycles. The minimum Gasteiger partial charge on any atom is -0.413 e. The maximum atomic E-state index is 10.8. The summed E-state index contributed by atoms with van der Waals surface area (Å²) in [5.41, 5.74) is 3.41. The third-order valence-electron chi connectivity index (χ3n) is 3.06. The molecule has 1 heterocycles. The molecular formula is C14H18N2O3. The van der Waals surface area contributed by atoms with E-state index in [-0.39, 0.29) is 0 Å². The SMILES string of the molecule is Cc1ccc(NCC(O)Cc2c[nH]c(=O)o2)cc1C. The van der Waals surface area contributed by atoms with Gasteiger partial charge in [0.25, 0.3) is 0 Å². The van der Waals surface area contributed by atoms with E-state index in [9.17, 15) is 9.90 Å². The topological polar surface area (TPSA) is 78.3 Å². The minimum absolute atomic E-state index is 0.302. The molecule has 0 bridgehead atoms. The monoisotopic (exact) mass is 262 g/mol. The Balaban J connectivity index is 1.87. The van der Waals surface area contributed by atoms with Crippen molar-refractivity contribution < 1.29 is 9.52 Å². The van der Waals surface area contributed by atoms with E-state index in [1.165, 1.54) is 17.3 Å². The first kappa shape index (κ1) is 13.4. The molecule has 19 heavy (non-hydrogen) atoms. The Bertz CT molecular complexity index is 601. The molecule has 0 aliphatic rings. The lowest BCUT2D eigenvalue weighted by atomic mass is 10.1. The van der Waals surface area contributed by atoms with E-state index < -0.39 is 11.9 Å². The number of rotatable bonds is 5. The van der Waals surface area contributed by atoms with Crippen LogP contribution >= 0.6 is 0 Å². The zero-order chi connectivity index (χ0) is 13.8. The second-order valence-electron chi connectivity index (χ2n) is 4.68. The van der Waals surface area contributed by atoms with Crippen molar-refractivity contribution >= 4 is 5.69 Å². The molecule has 0 aliphatic heterocycles. The molecule has 1 atom stereocenters. The van der Waals surface area contributed by atoms with Gasteiger partial charge in [0, 0.05) is 24.8 Å². The fourth-order valence-electron chi connectivity index (χ4n) is 1.81. The quantitative estimate of drug-likeness (QED) is 0.764. The Kier molecular flexibility index (Phi) is 4.06. The fraction of sp³-hybridized carbons (Fsp3) is 0.357. The zero-order valence-electron chi connectivity index (χ0n) is 11.1. The smallest absolute Gasteiger partial charge is 0.413 e. The molecule has 2 aromatic rings. The van der Waals surface area contributed by atoms with Gasteiger partial charge in [-0.3, -0.25) is 4.98 Å². The number of benzene rings is 1. The molecule has 1 aromatic heterocycles. The number of aliphatic hydroxyl groups is 1. The summed E-state index contributed by atoms with van der Waals surface area (Å²) < 4.78 is 4.84. The maximum Gasteiger partial charge on any atom is 0.416 e. The van der Waals surface area contributed by atoms with E-state index in [0.29, 0.717) is 18.7 Å². The number of hydrogen-bond donors (Lipinski definition) is 3. The van der Waals surface area contributed by atoms with Gasteiger partial charge in [-0.25, -0.2) is 4.79 Å². The van der Waals surface area contributed by atoms with Crippen molar-refractivity contribution in [2.75, 3.05) is 11.9 Å². The number of H-pyrrole nitrogens is 1. The summed E-state index contributed by atoms with van der Waals surface area (Å²) in [4.78, 5) is 13.2. The Morgan fingerprint density at radius 1 is 1.37 bits per heavy atom. The normalized spacial score (nSPS) is 12.4. The van der Waals surface area contributed by atoms with Crippen LogP contribution in [-0.2, 0) is 6.42 Å². The van der Waals surface area contributed by atoms with Crippen LogP contribution in [0.1, 0.15) is 16.9 Å². The van der Waals surface area contributed by atoms with Gasteiger partial charge in [0.2, 0.25) is 0 Å². The van der Waals surface area contributed by atoms with Crippen LogP contribution in [0.2, 0.25) is 0 Å². The summed E-state index contributed by atoms with van der Waals surface area (Å²) in [6.45, 7) is 4.50. The number of aryl methyl sites for hydroxylation is 2. The third kappa shape index (κ3) is 3.72. The van der Waals surface area contributed by atoms with Crippen LogP contribution in [0.25, 0.3) is 0 Å². The molecule has 0 fully saturated rings. The van der Waals surface area contributed by atoms with Crippen LogP contribution in [-0.4, -0.2) is 22.7 Å². The highest BCUT2D eigenvalue weighted by atomic mass is 16.4. The zero-order valence-corrected chi connectivity index (χ0v) is 11.1. The molecule has 0 amide bonds. The summed E-state index contributed by atoms with van der Waals surface area (Å²) in [6.07, 6.45) is 1.17. The van der Waals surface area contributed by atoms with Gasteiger partial charge >= 0.3 is 5.76 Å². The van der Waals surface area contributed by atoms with Crippen molar-refractivity contribution in [2.24, 2.45) is 0 Å². The van der Waals surface area contributed by atoms with Crippen molar-refractivity contribution in [1.82, 2.24) is 4.98 Å². The van der Waals surface area contributed by atoms with Crippen LogP contribution in [0.3, 0.4) is 0 Å². The minimum atomic E-state index is -0.611. The molecule has 0 saturated heterocycles. The first-order valence-electron chi connectivity index (χ1n) is 6.21. The van der Waals surface area contributed by atoms with E-state index in [1.54, 1.807) is 0 Å². The summed E-state index contributed by atoms with van der Waals surface area (Å²) in [6, 6.07) is 6.05. The Morgan fingerprint density at radius 2 is 2.16 bits per heavy atom. The van der Waals surface area contributed by atoms with Gasteiger partial charge in [-0.05, 0) is 37.1 Å². The highest BCUT2D eigenvalue weighted by molar-refractivity contribution is 5.48. The molecule has 1 unspecified atom stereocenters. The van der Waals surface area contributed by atoms with Gasteiger partial charge in [-0.2, -0.15) is 0 Å². The lowest BCUT2D eigenvalue weighted by Crippen LogP contribution is -2.21. The molecule has 0 radical (unpaired) electrons. The number of oxazole rings is 1. The average molecular weight is 262 g/mol. The molecule has 5 nitrogen and oxygen atoms in total. The van der Waals surface area contributed by atoms with Crippen LogP contribution in [0.5, 0.6) is 0 Å². The van der Waals surface area contributed by atoms with Gasteiger partial charge in [0.1, 0.15) is 5.76 Å². The number of aromatic amines is 1. The Hall–Kier alpha value is -2.01. The van der Waals surface area contributed by atoms with E-state index in [2.05, 4.69) is 17.2 Å². The van der Waals surface area contributed by atoms with Gasteiger partial charge in [0.15, 0.2) is 0 Å². The van der Waals surface area contributed by atoms with Crippen molar-refractivity contribution in [1.29, 1.82) is 0 Å². The van der Waals surface area contributed by atoms with Crippen LogP contribution in [0, 0.1) is 13.8 Å². The maximum absolute atomic E-state index is 10.8. The summed E-state index contributed by atoms with van der Waals surface area (Å²) >= 11 is 0. The number of aromatic nitrogens is 1. The molecule has 5 heteroatoms. The lowest BCUT2D eigenvalue weighted by molar-refractivity contribution is 0.179. The molecule has 0 saturated carbocycles. The molecule has 3 N–H and O–H groups in total. The lowest BCUT2D eigenvalue weighted by Gasteiger charge is -2.12. The van der Waals surface area contributed by atoms with E-state index in [0.717, 1.165) is 5.69 Å². The second-order valence-corrected chi connectivity index (χ2v) is 4.68. The third-order valence-corrected chi connectivity index (χ3v) is 3.06. The summed E-state index contributed by atoms with van der Waals surface area (Å²) in [5.74, 6) is -0.0382. The standard InChI is InChI=1S/C14H18N2O3/c1-9-3-4-11(5-10(9)2)15-7-12(17)6-13-8-16-14(18)19-13/h3-5,8,12,15,17H,6-7H2,1-2H3,(H,16,18). The Morgan fingerprint density at radius 3 is 2.79 bits per heavy atom. The molecule has 0 aliphatic carbocycles. The number of anilines is 1. The van der Waals surface area contributed by atoms with Gasteiger partial charge in [0.05, 0.1) is 6.10 Å². The Labute approximate surface area is 111 Å². The summed E-state index contributed by atoms with van der Waals surface area (Å²) in [7, 11) is 0. The number of aliphatic hydroxyl groups excluding tert-OH is 1. The van der Waals surface area contributed by atoms with Crippen LogP contribution in [0.4, 0.5) is 5.69 Å². The van der Waals surface area contributed by atoms with Crippen molar-refractivity contribution in [3.05, 3.63) is 51.8 Å². The average Bonchev–Trinajstić information content (AvgIpc) is 2.76. The molecule has 102 valence electrons. The van der Waals surface area contributed by atoms with Crippen LogP contribution < -0.4 is 11.1 Å². The number of nitrogens with one attached hydrogen (secondary N) is 2. The first-order valence-corrected chi connectivity index (χ1v) is 6.21. The second kappa shape index (κ2) is 5.75. The highest BCUT2D eigenvalue weighted by Gasteiger charge is 2.09. The van der Waals surface area contributed by atoms with Gasteiger partial charge in [-0.15, -0.1) is 0 Å². The molecule has 0 spiro atoms. The van der Waals surface area contributed by atoms with Crippen molar-refractivity contribution in [2.45, 2.75) is 26.4 Å². The van der Waals surface area contributed by atoms with E-state index in [4.69, 9.17) is 4.42 Å². The predicted octanol–water partition coefficient (Wildman–Crippen LogP) is 1.60. The van der Waals surface area contributed by atoms with E-state index >= 15 is 0 Å².